The summed E-state index contributed by atoms with van der Waals surface area (Å²) >= 11 is 1.59. The van der Waals surface area contributed by atoms with Crippen LogP contribution in [-0.4, -0.2) is 36.8 Å². The molecule has 25 heavy (non-hydrogen) atoms. The summed E-state index contributed by atoms with van der Waals surface area (Å²) in [5.74, 6) is 2.08. The molecule has 2 aromatic carbocycles. The van der Waals surface area contributed by atoms with Gasteiger partial charge in [-0.15, -0.1) is 11.8 Å². The number of fused-ring (bicyclic) bond motifs is 1. The van der Waals surface area contributed by atoms with E-state index in [1.165, 1.54) is 11.1 Å². The van der Waals surface area contributed by atoms with Gasteiger partial charge in [0.15, 0.2) is 11.5 Å². The summed E-state index contributed by atoms with van der Waals surface area (Å²) in [6, 6.07) is 12.2. The van der Waals surface area contributed by atoms with Gasteiger partial charge in [-0.05, 0) is 43.2 Å². The Bertz CT molecular complexity index is 776. The van der Waals surface area contributed by atoms with E-state index >= 15 is 0 Å². The van der Waals surface area contributed by atoms with Crippen LogP contribution in [0.5, 0.6) is 11.5 Å². The Kier molecular flexibility index (Phi) is 5.53. The van der Waals surface area contributed by atoms with E-state index in [9.17, 15) is 4.79 Å². The lowest BCUT2D eigenvalue weighted by molar-refractivity contribution is -0.127. The molecule has 0 saturated carbocycles. The van der Waals surface area contributed by atoms with Gasteiger partial charge in [0.2, 0.25) is 5.91 Å². The van der Waals surface area contributed by atoms with Crippen molar-refractivity contribution in [1.29, 1.82) is 0 Å². The molecule has 4 nitrogen and oxygen atoms in total. The third kappa shape index (κ3) is 4.48. The zero-order valence-electron chi connectivity index (χ0n) is 14.9. The molecule has 3 rings (SSSR count). The first-order valence-corrected chi connectivity index (χ1v) is 9.34. The quantitative estimate of drug-likeness (QED) is 0.763. The highest BCUT2D eigenvalue weighted by molar-refractivity contribution is 8.00. The van der Waals surface area contributed by atoms with E-state index in [2.05, 4.69) is 32.0 Å². The van der Waals surface area contributed by atoms with Gasteiger partial charge in [0, 0.05) is 18.5 Å². The molecule has 0 spiro atoms. The summed E-state index contributed by atoms with van der Waals surface area (Å²) in [5.41, 5.74) is 3.49. The number of carbonyl (C=O) groups excluding carboxylic acids is 1. The molecule has 2 aromatic rings. The first-order valence-electron chi connectivity index (χ1n) is 8.35. The summed E-state index contributed by atoms with van der Waals surface area (Å²) in [6.45, 7) is 5.87. The minimum Gasteiger partial charge on any atom is -0.486 e. The Hall–Kier alpha value is -2.14. The normalized spacial score (nSPS) is 12.8. The van der Waals surface area contributed by atoms with Gasteiger partial charge >= 0.3 is 0 Å². The second-order valence-electron chi connectivity index (χ2n) is 6.29. The Balaban J connectivity index is 1.57. The van der Waals surface area contributed by atoms with Crippen LogP contribution in [0.3, 0.4) is 0 Å². The number of rotatable bonds is 5. The molecule has 0 radical (unpaired) electrons. The van der Waals surface area contributed by atoms with Gasteiger partial charge in [-0.3, -0.25) is 4.79 Å². The molecule has 1 heterocycles. The van der Waals surface area contributed by atoms with Crippen molar-refractivity contribution < 1.29 is 14.3 Å². The number of benzene rings is 2. The molecule has 1 aliphatic rings. The summed E-state index contributed by atoms with van der Waals surface area (Å²) in [5, 5.41) is 0. The third-order valence-corrected chi connectivity index (χ3v) is 5.29. The van der Waals surface area contributed by atoms with Crippen LogP contribution in [0.25, 0.3) is 0 Å². The maximum Gasteiger partial charge on any atom is 0.232 e. The van der Waals surface area contributed by atoms with Crippen LogP contribution in [0.4, 0.5) is 0 Å². The first-order chi connectivity index (χ1) is 12.0. The second-order valence-corrected chi connectivity index (χ2v) is 7.30. The molecule has 0 saturated heterocycles. The van der Waals surface area contributed by atoms with Crippen LogP contribution in [0.2, 0.25) is 0 Å². The third-order valence-electron chi connectivity index (χ3n) is 4.13. The van der Waals surface area contributed by atoms with Gasteiger partial charge in [0.1, 0.15) is 13.2 Å². The van der Waals surface area contributed by atoms with Crippen LogP contribution in [-0.2, 0) is 11.3 Å². The number of ether oxygens (including phenoxy) is 2. The van der Waals surface area contributed by atoms with Crippen LogP contribution in [0.15, 0.2) is 41.3 Å². The molecule has 0 aliphatic carbocycles. The number of carbonyl (C=O) groups is 1. The molecule has 0 aromatic heterocycles. The maximum absolute atomic E-state index is 12.4. The summed E-state index contributed by atoms with van der Waals surface area (Å²) < 4.78 is 11.1. The molecule has 132 valence electrons. The molecule has 0 unspecified atom stereocenters. The average molecular weight is 357 g/mol. The predicted octanol–water partition coefficient (Wildman–Crippen LogP) is 3.83. The number of hydrogen-bond donors (Lipinski definition) is 0. The Morgan fingerprint density at radius 1 is 1.08 bits per heavy atom. The fraction of sp³-hybridized carbons (Fsp3) is 0.350. The minimum atomic E-state index is 0.111. The highest BCUT2D eigenvalue weighted by atomic mass is 32.2. The van der Waals surface area contributed by atoms with Crippen molar-refractivity contribution in [2.75, 3.05) is 26.0 Å². The topological polar surface area (TPSA) is 38.8 Å². The van der Waals surface area contributed by atoms with Crippen LogP contribution in [0.1, 0.15) is 16.7 Å². The molecule has 1 amide bonds. The zero-order valence-corrected chi connectivity index (χ0v) is 15.7. The number of thioether (sulfide) groups is 1. The lowest BCUT2D eigenvalue weighted by Crippen LogP contribution is -2.28. The molecular weight excluding hydrogens is 334 g/mol. The molecule has 0 bridgehead atoms. The fourth-order valence-corrected chi connectivity index (χ4v) is 3.71. The van der Waals surface area contributed by atoms with E-state index in [0.717, 1.165) is 22.0 Å². The van der Waals surface area contributed by atoms with E-state index in [4.69, 9.17) is 9.47 Å². The standard InChI is InChI=1S/C20H23NO3S/c1-14-4-7-19(15(2)10-14)25-13-20(22)21(3)12-16-5-6-17-18(11-16)24-9-8-23-17/h4-7,10-11H,8-9,12-13H2,1-3H3. The second kappa shape index (κ2) is 7.83. The van der Waals surface area contributed by atoms with Crippen molar-refractivity contribution in [3.63, 3.8) is 0 Å². The molecule has 5 heteroatoms. The average Bonchev–Trinajstić information content (AvgIpc) is 2.60. The maximum atomic E-state index is 12.4. The highest BCUT2D eigenvalue weighted by Crippen LogP contribution is 2.31. The monoisotopic (exact) mass is 357 g/mol. The summed E-state index contributed by atoms with van der Waals surface area (Å²) in [4.78, 5) is 15.3. The van der Waals surface area contributed by atoms with E-state index in [-0.39, 0.29) is 5.91 Å². The summed E-state index contributed by atoms with van der Waals surface area (Å²) in [7, 11) is 1.84. The molecule has 0 N–H and O–H groups in total. The van der Waals surface area contributed by atoms with Gasteiger partial charge in [-0.25, -0.2) is 0 Å². The first kappa shape index (κ1) is 17.7. The van der Waals surface area contributed by atoms with E-state index in [0.29, 0.717) is 25.5 Å². The Morgan fingerprint density at radius 2 is 1.84 bits per heavy atom. The Morgan fingerprint density at radius 3 is 2.60 bits per heavy atom. The fourth-order valence-electron chi connectivity index (χ4n) is 2.76. The zero-order chi connectivity index (χ0) is 17.8. The Labute approximate surface area is 153 Å². The van der Waals surface area contributed by atoms with E-state index in [1.54, 1.807) is 16.7 Å². The molecular formula is C20H23NO3S. The molecule has 0 atom stereocenters. The van der Waals surface area contributed by atoms with Crippen LogP contribution >= 0.6 is 11.8 Å². The number of hydrogen-bond acceptors (Lipinski definition) is 4. The van der Waals surface area contributed by atoms with Crippen LogP contribution in [0, 0.1) is 13.8 Å². The van der Waals surface area contributed by atoms with Crippen molar-refractivity contribution in [2.24, 2.45) is 0 Å². The molecule has 0 fully saturated rings. The van der Waals surface area contributed by atoms with Crippen molar-refractivity contribution in [3.8, 4) is 11.5 Å². The van der Waals surface area contributed by atoms with Gasteiger partial charge in [-0.2, -0.15) is 0 Å². The van der Waals surface area contributed by atoms with E-state index in [1.807, 2.05) is 25.2 Å². The lowest BCUT2D eigenvalue weighted by Gasteiger charge is -2.21. The minimum absolute atomic E-state index is 0.111. The van der Waals surface area contributed by atoms with Crippen molar-refractivity contribution >= 4 is 17.7 Å². The van der Waals surface area contributed by atoms with Crippen LogP contribution < -0.4 is 9.47 Å². The largest absolute Gasteiger partial charge is 0.486 e. The van der Waals surface area contributed by atoms with Crippen molar-refractivity contribution in [1.82, 2.24) is 4.90 Å². The predicted molar refractivity (Wildman–Crippen MR) is 101 cm³/mol. The number of aryl methyl sites for hydroxylation is 2. The van der Waals surface area contributed by atoms with Gasteiger partial charge in [-0.1, -0.05) is 23.8 Å². The SMILES string of the molecule is Cc1ccc(SCC(=O)N(C)Cc2ccc3c(c2)OCCO3)c(C)c1. The summed E-state index contributed by atoms with van der Waals surface area (Å²) in [6.07, 6.45) is 0. The number of amides is 1. The smallest absolute Gasteiger partial charge is 0.232 e. The van der Waals surface area contributed by atoms with Gasteiger partial charge in [0.25, 0.3) is 0 Å². The van der Waals surface area contributed by atoms with Crippen molar-refractivity contribution in [3.05, 3.63) is 53.1 Å². The van der Waals surface area contributed by atoms with E-state index < -0.39 is 0 Å². The number of nitrogens with zero attached hydrogens (tertiary/aromatic N) is 1. The van der Waals surface area contributed by atoms with Gasteiger partial charge < -0.3 is 14.4 Å². The molecule has 1 aliphatic heterocycles. The van der Waals surface area contributed by atoms with Gasteiger partial charge in [0.05, 0.1) is 5.75 Å². The highest BCUT2D eigenvalue weighted by Gasteiger charge is 2.15. The van der Waals surface area contributed by atoms with Crippen molar-refractivity contribution in [2.45, 2.75) is 25.3 Å². The lowest BCUT2D eigenvalue weighted by atomic mass is 10.2.